The number of hydrogen-bond acceptors (Lipinski definition) is 3. The van der Waals surface area contributed by atoms with Gasteiger partial charge in [0.25, 0.3) is 0 Å². The van der Waals surface area contributed by atoms with Crippen LogP contribution in [-0.4, -0.2) is 10.2 Å². The third kappa shape index (κ3) is 1.74. The standard InChI is InChI=1S/C12H13N3O/c1-3-11-12(10-7-5-4-6-8-10)14-13-9(2)15(11)16/h4-8H,3H2,1-2H3. The molecular weight excluding hydrogens is 202 g/mol. The van der Waals surface area contributed by atoms with Crippen molar-refractivity contribution in [3.63, 3.8) is 0 Å². The second kappa shape index (κ2) is 4.26. The van der Waals surface area contributed by atoms with Gasteiger partial charge >= 0.3 is 5.82 Å². The van der Waals surface area contributed by atoms with Crippen LogP contribution in [0.3, 0.4) is 0 Å². The highest BCUT2D eigenvalue weighted by Gasteiger charge is 2.15. The minimum Gasteiger partial charge on any atom is -0.710 e. The van der Waals surface area contributed by atoms with Gasteiger partial charge in [-0.3, -0.25) is 0 Å². The summed E-state index contributed by atoms with van der Waals surface area (Å²) in [6.07, 6.45) is 0.643. The van der Waals surface area contributed by atoms with Crippen molar-refractivity contribution in [1.82, 2.24) is 10.2 Å². The van der Waals surface area contributed by atoms with Crippen molar-refractivity contribution in [2.75, 3.05) is 0 Å². The highest BCUT2D eigenvalue weighted by atomic mass is 16.5. The molecule has 82 valence electrons. The highest BCUT2D eigenvalue weighted by Crippen LogP contribution is 2.18. The van der Waals surface area contributed by atoms with Gasteiger partial charge in [0.15, 0.2) is 5.69 Å². The van der Waals surface area contributed by atoms with Crippen LogP contribution in [0.4, 0.5) is 0 Å². The molecule has 0 aliphatic carbocycles. The van der Waals surface area contributed by atoms with E-state index in [2.05, 4.69) is 10.2 Å². The maximum Gasteiger partial charge on any atom is 0.326 e. The van der Waals surface area contributed by atoms with Crippen LogP contribution in [0, 0.1) is 12.1 Å². The molecule has 0 saturated heterocycles. The Kier molecular flexibility index (Phi) is 2.81. The highest BCUT2D eigenvalue weighted by molar-refractivity contribution is 5.59. The van der Waals surface area contributed by atoms with Gasteiger partial charge < -0.3 is 5.21 Å². The predicted molar refractivity (Wildman–Crippen MR) is 60.5 cm³/mol. The molecule has 16 heavy (non-hydrogen) atoms. The van der Waals surface area contributed by atoms with Crippen LogP contribution in [0.25, 0.3) is 11.3 Å². The molecule has 2 aromatic rings. The number of hydrogen-bond donors (Lipinski definition) is 0. The van der Waals surface area contributed by atoms with Crippen LogP contribution >= 0.6 is 0 Å². The largest absolute Gasteiger partial charge is 0.710 e. The van der Waals surface area contributed by atoms with E-state index in [9.17, 15) is 5.21 Å². The van der Waals surface area contributed by atoms with Gasteiger partial charge in [-0.2, -0.15) is 0 Å². The van der Waals surface area contributed by atoms with Gasteiger partial charge in [-0.05, 0) is 5.10 Å². The first kappa shape index (κ1) is 10.5. The van der Waals surface area contributed by atoms with Crippen LogP contribution in [-0.2, 0) is 6.42 Å². The molecule has 2 rings (SSSR count). The lowest BCUT2D eigenvalue weighted by Crippen LogP contribution is -2.37. The van der Waals surface area contributed by atoms with Crippen molar-refractivity contribution in [2.45, 2.75) is 20.3 Å². The molecule has 0 unspecified atom stereocenters. The van der Waals surface area contributed by atoms with E-state index in [1.165, 1.54) is 0 Å². The SMILES string of the molecule is CCc1c(-c2ccccc2)nnc(C)[n+]1[O-]. The maximum atomic E-state index is 11.8. The Morgan fingerprint density at radius 3 is 2.50 bits per heavy atom. The van der Waals surface area contributed by atoms with Crippen molar-refractivity contribution < 1.29 is 4.73 Å². The molecule has 4 heteroatoms. The monoisotopic (exact) mass is 215 g/mol. The summed E-state index contributed by atoms with van der Waals surface area (Å²) in [6, 6.07) is 9.63. The van der Waals surface area contributed by atoms with E-state index in [0.717, 1.165) is 10.3 Å². The molecule has 0 spiro atoms. The van der Waals surface area contributed by atoms with Gasteiger partial charge in [0.1, 0.15) is 5.69 Å². The average molecular weight is 215 g/mol. The van der Waals surface area contributed by atoms with Crippen molar-refractivity contribution in [3.05, 3.63) is 47.1 Å². The van der Waals surface area contributed by atoms with Gasteiger partial charge in [-0.1, -0.05) is 37.3 Å². The van der Waals surface area contributed by atoms with E-state index in [1.807, 2.05) is 37.3 Å². The molecule has 0 N–H and O–H groups in total. The Morgan fingerprint density at radius 2 is 1.88 bits per heavy atom. The molecule has 1 aromatic heterocycles. The summed E-state index contributed by atoms with van der Waals surface area (Å²) in [6.45, 7) is 3.60. The van der Waals surface area contributed by atoms with Crippen molar-refractivity contribution in [2.24, 2.45) is 0 Å². The molecule has 4 nitrogen and oxygen atoms in total. The lowest BCUT2D eigenvalue weighted by atomic mass is 10.1. The second-order valence-electron chi connectivity index (χ2n) is 3.56. The Morgan fingerprint density at radius 1 is 1.19 bits per heavy atom. The lowest BCUT2D eigenvalue weighted by molar-refractivity contribution is -0.624. The molecule has 1 aromatic carbocycles. The summed E-state index contributed by atoms with van der Waals surface area (Å²) < 4.78 is 0.856. The lowest BCUT2D eigenvalue weighted by Gasteiger charge is -2.11. The van der Waals surface area contributed by atoms with Gasteiger partial charge in [-0.25, -0.2) is 4.73 Å². The number of aromatic nitrogens is 3. The van der Waals surface area contributed by atoms with E-state index in [0.29, 0.717) is 23.6 Å². The zero-order chi connectivity index (χ0) is 11.5. The fourth-order valence-electron chi connectivity index (χ4n) is 1.64. The zero-order valence-corrected chi connectivity index (χ0v) is 9.34. The smallest absolute Gasteiger partial charge is 0.326 e. The number of rotatable bonds is 2. The van der Waals surface area contributed by atoms with E-state index in [-0.39, 0.29) is 0 Å². The minimum atomic E-state index is 0.386. The first-order valence-electron chi connectivity index (χ1n) is 5.25. The fourth-order valence-corrected chi connectivity index (χ4v) is 1.64. The molecule has 1 heterocycles. The normalized spacial score (nSPS) is 10.4. The Bertz CT molecular complexity index is 497. The predicted octanol–water partition coefficient (Wildman–Crippen LogP) is 1.65. The molecule has 0 radical (unpaired) electrons. The minimum absolute atomic E-state index is 0.386. The van der Waals surface area contributed by atoms with Gasteiger partial charge in [-0.15, -0.1) is 0 Å². The second-order valence-corrected chi connectivity index (χ2v) is 3.56. The number of nitrogens with zero attached hydrogens (tertiary/aromatic N) is 3. The fraction of sp³-hybridized carbons (Fsp3) is 0.250. The molecule has 0 amide bonds. The first-order chi connectivity index (χ1) is 7.74. The molecule has 0 atom stereocenters. The number of aryl methyl sites for hydroxylation is 1. The van der Waals surface area contributed by atoms with Crippen molar-refractivity contribution in [1.29, 1.82) is 0 Å². The zero-order valence-electron chi connectivity index (χ0n) is 9.34. The molecule has 0 aliphatic heterocycles. The summed E-state index contributed by atoms with van der Waals surface area (Å²) >= 11 is 0. The summed E-state index contributed by atoms with van der Waals surface area (Å²) in [5, 5.41) is 19.8. The van der Waals surface area contributed by atoms with E-state index in [1.54, 1.807) is 6.92 Å². The van der Waals surface area contributed by atoms with Crippen LogP contribution < -0.4 is 4.73 Å². The Labute approximate surface area is 94.2 Å². The third-order valence-corrected chi connectivity index (χ3v) is 2.49. The van der Waals surface area contributed by atoms with Crippen molar-refractivity contribution in [3.8, 4) is 11.3 Å². The van der Waals surface area contributed by atoms with Crippen LogP contribution in [0.5, 0.6) is 0 Å². The van der Waals surface area contributed by atoms with E-state index < -0.39 is 0 Å². The molecular formula is C12H13N3O. The number of benzene rings is 1. The first-order valence-corrected chi connectivity index (χ1v) is 5.25. The molecule has 0 aliphatic rings. The Balaban J connectivity index is 2.62. The third-order valence-electron chi connectivity index (χ3n) is 2.49. The van der Waals surface area contributed by atoms with E-state index >= 15 is 0 Å². The summed E-state index contributed by atoms with van der Waals surface area (Å²) in [5.41, 5.74) is 2.26. The maximum absolute atomic E-state index is 11.8. The van der Waals surface area contributed by atoms with Crippen LogP contribution in [0.15, 0.2) is 30.3 Å². The van der Waals surface area contributed by atoms with Crippen LogP contribution in [0.2, 0.25) is 0 Å². The van der Waals surface area contributed by atoms with Gasteiger partial charge in [0, 0.05) is 18.9 Å². The van der Waals surface area contributed by atoms with E-state index in [4.69, 9.17) is 0 Å². The van der Waals surface area contributed by atoms with Gasteiger partial charge in [0.2, 0.25) is 0 Å². The van der Waals surface area contributed by atoms with Gasteiger partial charge in [0.05, 0.1) is 5.10 Å². The molecule has 0 fully saturated rings. The quantitative estimate of drug-likeness (QED) is 0.565. The summed E-state index contributed by atoms with van der Waals surface area (Å²) in [4.78, 5) is 0. The molecule has 0 saturated carbocycles. The summed E-state index contributed by atoms with van der Waals surface area (Å²) in [7, 11) is 0. The topological polar surface area (TPSA) is 52.7 Å². The van der Waals surface area contributed by atoms with Crippen molar-refractivity contribution >= 4 is 0 Å². The molecule has 0 bridgehead atoms. The van der Waals surface area contributed by atoms with Crippen LogP contribution in [0.1, 0.15) is 18.4 Å². The Hall–Kier alpha value is -1.97. The summed E-state index contributed by atoms with van der Waals surface area (Å²) in [5.74, 6) is 0.386. The average Bonchev–Trinajstić information content (AvgIpc) is 2.33.